The quantitative estimate of drug-likeness (QED) is 0.877. The molecular weight excluding hydrogens is 234 g/mol. The maximum Gasteiger partial charge on any atom is 0.115 e. The SMILES string of the molecule is CN(c1ccccc1)C1CCCc2ccc(O)cc21. The summed E-state index contributed by atoms with van der Waals surface area (Å²) < 4.78 is 0. The second kappa shape index (κ2) is 4.96. The highest BCUT2D eigenvalue weighted by atomic mass is 16.3. The molecule has 1 unspecified atom stereocenters. The molecule has 1 N–H and O–H groups in total. The van der Waals surface area contributed by atoms with Crippen LogP contribution in [0.25, 0.3) is 0 Å². The molecule has 0 amide bonds. The zero-order valence-electron chi connectivity index (χ0n) is 11.2. The van der Waals surface area contributed by atoms with Crippen LogP contribution in [-0.2, 0) is 6.42 Å². The largest absolute Gasteiger partial charge is 0.508 e. The Morgan fingerprint density at radius 3 is 2.68 bits per heavy atom. The number of aromatic hydroxyl groups is 1. The maximum atomic E-state index is 9.74. The van der Waals surface area contributed by atoms with Crippen LogP contribution in [0.3, 0.4) is 0 Å². The average molecular weight is 253 g/mol. The summed E-state index contributed by atoms with van der Waals surface area (Å²) in [5.74, 6) is 0.368. The molecule has 98 valence electrons. The molecule has 2 heteroatoms. The summed E-state index contributed by atoms with van der Waals surface area (Å²) in [6.07, 6.45) is 3.47. The second-order valence-corrected chi connectivity index (χ2v) is 5.24. The molecule has 2 aromatic carbocycles. The van der Waals surface area contributed by atoms with E-state index in [1.165, 1.54) is 23.2 Å². The number of aryl methyl sites for hydroxylation is 1. The summed E-state index contributed by atoms with van der Waals surface area (Å²) in [6, 6.07) is 16.6. The van der Waals surface area contributed by atoms with E-state index in [2.05, 4.69) is 42.3 Å². The highest BCUT2D eigenvalue weighted by molar-refractivity contribution is 5.50. The molecule has 0 aliphatic heterocycles. The standard InChI is InChI=1S/C17H19NO/c1-18(14-7-3-2-4-8-14)17-9-5-6-13-10-11-15(19)12-16(13)17/h2-4,7-8,10-12,17,19H,5-6,9H2,1H3. The number of benzene rings is 2. The molecule has 0 radical (unpaired) electrons. The number of nitrogens with zero attached hydrogens (tertiary/aromatic N) is 1. The van der Waals surface area contributed by atoms with E-state index < -0.39 is 0 Å². The van der Waals surface area contributed by atoms with Crippen LogP contribution in [0.15, 0.2) is 48.5 Å². The lowest BCUT2D eigenvalue weighted by Gasteiger charge is -2.35. The van der Waals surface area contributed by atoms with E-state index in [0.29, 0.717) is 11.8 Å². The van der Waals surface area contributed by atoms with Crippen LogP contribution in [-0.4, -0.2) is 12.2 Å². The number of hydrogen-bond donors (Lipinski definition) is 1. The highest BCUT2D eigenvalue weighted by Gasteiger charge is 2.24. The van der Waals surface area contributed by atoms with Gasteiger partial charge in [0.2, 0.25) is 0 Å². The van der Waals surface area contributed by atoms with Gasteiger partial charge in [0.15, 0.2) is 0 Å². The number of phenolic OH excluding ortho intramolecular Hbond substituents is 1. The summed E-state index contributed by atoms with van der Waals surface area (Å²) in [6.45, 7) is 0. The summed E-state index contributed by atoms with van der Waals surface area (Å²) in [5.41, 5.74) is 3.87. The average Bonchev–Trinajstić information content (AvgIpc) is 2.47. The molecule has 0 bridgehead atoms. The van der Waals surface area contributed by atoms with E-state index in [4.69, 9.17) is 0 Å². The van der Waals surface area contributed by atoms with Crippen LogP contribution < -0.4 is 4.90 Å². The third-order valence-electron chi connectivity index (χ3n) is 4.04. The fourth-order valence-electron chi connectivity index (χ4n) is 3.01. The first-order chi connectivity index (χ1) is 9.25. The third-order valence-corrected chi connectivity index (χ3v) is 4.04. The Labute approximate surface area is 114 Å². The first-order valence-corrected chi connectivity index (χ1v) is 6.85. The summed E-state index contributed by atoms with van der Waals surface area (Å²) in [7, 11) is 2.14. The summed E-state index contributed by atoms with van der Waals surface area (Å²) >= 11 is 0. The van der Waals surface area contributed by atoms with Crippen molar-refractivity contribution in [3.63, 3.8) is 0 Å². The minimum atomic E-state index is 0.359. The Morgan fingerprint density at radius 2 is 1.89 bits per heavy atom. The molecule has 0 heterocycles. The van der Waals surface area contributed by atoms with Crippen LogP contribution >= 0.6 is 0 Å². The van der Waals surface area contributed by atoms with Gasteiger partial charge in [-0.2, -0.15) is 0 Å². The Bertz CT molecular complexity index is 565. The van der Waals surface area contributed by atoms with E-state index in [-0.39, 0.29) is 0 Å². The van der Waals surface area contributed by atoms with Crippen molar-refractivity contribution in [1.82, 2.24) is 0 Å². The number of rotatable bonds is 2. The first-order valence-electron chi connectivity index (χ1n) is 6.85. The van der Waals surface area contributed by atoms with Crippen LogP contribution in [0.4, 0.5) is 5.69 Å². The molecule has 1 aliphatic rings. The van der Waals surface area contributed by atoms with Crippen molar-refractivity contribution >= 4 is 5.69 Å². The number of fused-ring (bicyclic) bond motifs is 1. The molecular formula is C17H19NO. The fraction of sp³-hybridized carbons (Fsp3) is 0.294. The van der Waals surface area contributed by atoms with Crippen LogP contribution in [0.1, 0.15) is 30.0 Å². The highest BCUT2D eigenvalue weighted by Crippen LogP contribution is 2.37. The van der Waals surface area contributed by atoms with Crippen molar-refractivity contribution < 1.29 is 5.11 Å². The molecule has 2 nitrogen and oxygen atoms in total. The zero-order chi connectivity index (χ0) is 13.2. The van der Waals surface area contributed by atoms with E-state index in [9.17, 15) is 5.11 Å². The normalized spacial score (nSPS) is 17.8. The minimum absolute atomic E-state index is 0.359. The number of anilines is 1. The second-order valence-electron chi connectivity index (χ2n) is 5.24. The van der Waals surface area contributed by atoms with Gasteiger partial charge in [0.05, 0.1) is 6.04 Å². The van der Waals surface area contributed by atoms with E-state index in [0.717, 1.165) is 12.8 Å². The van der Waals surface area contributed by atoms with E-state index in [1.807, 2.05) is 12.1 Å². The Hall–Kier alpha value is -1.96. The molecule has 0 aromatic heterocycles. The minimum Gasteiger partial charge on any atom is -0.508 e. The molecule has 0 saturated heterocycles. The zero-order valence-corrected chi connectivity index (χ0v) is 11.2. The molecule has 19 heavy (non-hydrogen) atoms. The van der Waals surface area contributed by atoms with Gasteiger partial charge >= 0.3 is 0 Å². The van der Waals surface area contributed by atoms with Gasteiger partial charge < -0.3 is 10.0 Å². The van der Waals surface area contributed by atoms with Gasteiger partial charge in [-0.3, -0.25) is 0 Å². The van der Waals surface area contributed by atoms with Gasteiger partial charge in [-0.25, -0.2) is 0 Å². The molecule has 2 aromatic rings. The molecule has 3 rings (SSSR count). The predicted octanol–water partition coefficient (Wildman–Crippen LogP) is 3.91. The van der Waals surface area contributed by atoms with Crippen molar-refractivity contribution in [1.29, 1.82) is 0 Å². The van der Waals surface area contributed by atoms with Crippen molar-refractivity contribution in [2.24, 2.45) is 0 Å². The van der Waals surface area contributed by atoms with Gasteiger partial charge in [0.1, 0.15) is 5.75 Å². The fourth-order valence-corrected chi connectivity index (χ4v) is 3.01. The van der Waals surface area contributed by atoms with Gasteiger partial charge in [0.25, 0.3) is 0 Å². The van der Waals surface area contributed by atoms with Gasteiger partial charge in [0, 0.05) is 12.7 Å². The lowest BCUT2D eigenvalue weighted by atomic mass is 9.86. The van der Waals surface area contributed by atoms with Crippen molar-refractivity contribution in [3.8, 4) is 5.75 Å². The number of hydrogen-bond acceptors (Lipinski definition) is 2. The maximum absolute atomic E-state index is 9.74. The van der Waals surface area contributed by atoms with Gasteiger partial charge in [-0.15, -0.1) is 0 Å². The first kappa shape index (κ1) is 12.1. The van der Waals surface area contributed by atoms with Crippen molar-refractivity contribution in [3.05, 3.63) is 59.7 Å². The third kappa shape index (κ3) is 2.30. The van der Waals surface area contributed by atoms with Gasteiger partial charge in [-0.1, -0.05) is 24.3 Å². The van der Waals surface area contributed by atoms with Crippen LogP contribution in [0.5, 0.6) is 5.75 Å². The van der Waals surface area contributed by atoms with E-state index >= 15 is 0 Å². The van der Waals surface area contributed by atoms with Crippen molar-refractivity contribution in [2.45, 2.75) is 25.3 Å². The van der Waals surface area contributed by atoms with Gasteiger partial charge in [-0.05, 0) is 54.7 Å². The molecule has 1 aliphatic carbocycles. The molecule has 0 saturated carbocycles. The number of para-hydroxylation sites is 1. The Morgan fingerprint density at radius 1 is 1.11 bits per heavy atom. The van der Waals surface area contributed by atoms with Crippen LogP contribution in [0, 0.1) is 0 Å². The monoisotopic (exact) mass is 253 g/mol. The Balaban J connectivity index is 1.97. The summed E-state index contributed by atoms with van der Waals surface area (Å²) in [4.78, 5) is 2.32. The smallest absolute Gasteiger partial charge is 0.115 e. The lowest BCUT2D eigenvalue weighted by Crippen LogP contribution is -2.27. The molecule has 0 spiro atoms. The van der Waals surface area contributed by atoms with E-state index in [1.54, 1.807) is 6.07 Å². The lowest BCUT2D eigenvalue weighted by molar-refractivity contribution is 0.469. The molecule has 1 atom stereocenters. The van der Waals surface area contributed by atoms with Crippen molar-refractivity contribution in [2.75, 3.05) is 11.9 Å². The van der Waals surface area contributed by atoms with Crippen LogP contribution in [0.2, 0.25) is 0 Å². The predicted molar refractivity (Wildman–Crippen MR) is 78.6 cm³/mol. The molecule has 0 fully saturated rings. The Kier molecular flexibility index (Phi) is 3.16. The topological polar surface area (TPSA) is 23.5 Å². The number of phenols is 1. The summed E-state index contributed by atoms with van der Waals surface area (Å²) in [5, 5.41) is 9.74.